The van der Waals surface area contributed by atoms with Crippen LogP contribution in [0.4, 0.5) is 0 Å². The number of rotatable bonds is 40. The summed E-state index contributed by atoms with van der Waals surface area (Å²) in [7, 11) is 0. The summed E-state index contributed by atoms with van der Waals surface area (Å²) in [6, 6.07) is -0.297. The van der Waals surface area contributed by atoms with Crippen LogP contribution in [0.3, 0.4) is 0 Å². The Balaban J connectivity index is 3.02. The first-order valence-corrected chi connectivity index (χ1v) is 26.0. The van der Waals surface area contributed by atoms with E-state index in [2.05, 4.69) is 54.8 Å². The van der Waals surface area contributed by atoms with Crippen LogP contribution < -0.4 is 59.3 Å². The number of hydrogen-bond donors (Lipinski definition) is 16. The normalized spacial score (nSPS) is 14.3. The summed E-state index contributed by atoms with van der Waals surface area (Å²) in [6.45, 7) is 5.34. The molecule has 0 radical (unpaired) electrons. The molecule has 0 saturated carbocycles. The van der Waals surface area contributed by atoms with Crippen LogP contribution in [0, 0.1) is 10.8 Å². The Bertz CT molecular complexity index is 1830. The summed E-state index contributed by atoms with van der Waals surface area (Å²) in [5.41, 5.74) is 11.3. The first kappa shape index (κ1) is 64.9. The number of carbonyl (C=O) groups is 7. The number of nitrogens with two attached hydrogens (primary N) is 2. The minimum absolute atomic E-state index is 0.0783. The maximum absolute atomic E-state index is 14.1. The molecule has 8 atom stereocenters. The van der Waals surface area contributed by atoms with Gasteiger partial charge in [0.2, 0.25) is 41.4 Å². The lowest BCUT2D eigenvalue weighted by Gasteiger charge is -2.27. The Morgan fingerprint density at radius 2 is 0.959 bits per heavy atom. The number of guanidine groups is 2. The summed E-state index contributed by atoms with van der Waals surface area (Å²) in [6.07, 6.45) is 14.8. The van der Waals surface area contributed by atoms with Gasteiger partial charge in [0.25, 0.3) is 0 Å². The van der Waals surface area contributed by atoms with Crippen molar-refractivity contribution < 1.29 is 48.9 Å². The summed E-state index contributed by atoms with van der Waals surface area (Å²) >= 11 is 0. The minimum atomic E-state index is -1.65. The molecule has 1 aromatic rings. The molecule has 1 rings (SSSR count). The van der Waals surface area contributed by atoms with E-state index in [-0.39, 0.29) is 44.1 Å². The van der Waals surface area contributed by atoms with Crippen LogP contribution in [0.5, 0.6) is 0 Å². The van der Waals surface area contributed by atoms with E-state index >= 15 is 0 Å². The number of aliphatic hydroxyl groups is 3. The third-order valence-electron chi connectivity index (χ3n) is 12.0. The molecule has 23 nitrogen and oxygen atoms in total. The van der Waals surface area contributed by atoms with Crippen LogP contribution >= 0.6 is 0 Å². The topological polar surface area (TPSA) is 388 Å². The molecule has 23 heteroatoms. The van der Waals surface area contributed by atoms with Gasteiger partial charge in [-0.1, -0.05) is 114 Å². The van der Waals surface area contributed by atoms with E-state index in [0.717, 1.165) is 25.7 Å². The second-order valence-corrected chi connectivity index (χ2v) is 18.7. The van der Waals surface area contributed by atoms with Gasteiger partial charge < -0.3 is 74.6 Å². The minimum Gasteiger partial charge on any atom is -0.394 e. The molecule has 0 saturated heterocycles. The molecule has 0 aliphatic heterocycles. The van der Waals surface area contributed by atoms with Gasteiger partial charge in [0.05, 0.1) is 19.3 Å². The highest BCUT2D eigenvalue weighted by Gasteiger charge is 2.33. The van der Waals surface area contributed by atoms with Crippen molar-refractivity contribution in [2.45, 2.75) is 198 Å². The molecule has 0 aliphatic rings. The molecular formula is C50H89N13O10. The Kier molecular flexibility index (Phi) is 34.3. The third-order valence-corrected chi connectivity index (χ3v) is 12.0. The molecule has 0 fully saturated rings. The third kappa shape index (κ3) is 29.9. The molecule has 7 amide bonds. The molecule has 0 spiro atoms. The molecule has 0 aromatic heterocycles. The zero-order chi connectivity index (χ0) is 54.6. The van der Waals surface area contributed by atoms with Gasteiger partial charge in [-0.05, 0) is 58.4 Å². The molecule has 0 unspecified atom stereocenters. The largest absolute Gasteiger partial charge is 0.394 e. The number of amides is 7. The SMILES string of the molecule is CCCCCCCCCCCCCCCC(=O)N[C@H](C(=O)N[C@@H](C)C(=O)N[C@@H](Cc1ccccc1)C(=O)N[C@@H](CCCNC(=N)N)C(=O)N[C@@H](CO)C(=O)N[C@@H](CO)C(=O)N[C@H](C)CCCNC(=N)N)[C@@H](C)O. The fraction of sp³-hybridized carbons (Fsp3) is 0.700. The second kappa shape index (κ2) is 38.5. The highest BCUT2D eigenvalue weighted by Crippen LogP contribution is 2.14. The highest BCUT2D eigenvalue weighted by molar-refractivity contribution is 5.97. The van der Waals surface area contributed by atoms with E-state index in [0.29, 0.717) is 31.4 Å². The quantitative estimate of drug-likeness (QED) is 0.0235. The predicted octanol–water partition coefficient (Wildman–Crippen LogP) is 0.0357. The van der Waals surface area contributed by atoms with E-state index in [1.165, 1.54) is 65.2 Å². The van der Waals surface area contributed by atoms with Crippen molar-refractivity contribution in [3.63, 3.8) is 0 Å². The molecular weight excluding hydrogens is 943 g/mol. The summed E-state index contributed by atoms with van der Waals surface area (Å²) in [4.78, 5) is 94.1. The van der Waals surface area contributed by atoms with Crippen molar-refractivity contribution >= 4 is 53.3 Å². The maximum Gasteiger partial charge on any atom is 0.245 e. The van der Waals surface area contributed by atoms with Gasteiger partial charge in [-0.2, -0.15) is 0 Å². The highest BCUT2D eigenvalue weighted by atomic mass is 16.3. The number of nitrogens with one attached hydrogen (secondary N) is 11. The average Bonchev–Trinajstić information content (AvgIpc) is 3.34. The number of hydrogen-bond acceptors (Lipinski definition) is 12. The van der Waals surface area contributed by atoms with E-state index in [1.807, 2.05) is 0 Å². The number of unbranched alkanes of at least 4 members (excludes halogenated alkanes) is 12. The van der Waals surface area contributed by atoms with Crippen molar-refractivity contribution in [2.75, 3.05) is 26.3 Å². The van der Waals surface area contributed by atoms with E-state index < -0.39 is 103 Å². The van der Waals surface area contributed by atoms with Gasteiger partial charge in [-0.15, -0.1) is 0 Å². The zero-order valence-corrected chi connectivity index (χ0v) is 43.6. The first-order chi connectivity index (χ1) is 34.8. The fourth-order valence-corrected chi connectivity index (χ4v) is 7.73. The Morgan fingerprint density at radius 3 is 1.45 bits per heavy atom. The number of aliphatic hydroxyl groups excluding tert-OH is 3. The van der Waals surface area contributed by atoms with Gasteiger partial charge in [-0.3, -0.25) is 44.4 Å². The van der Waals surface area contributed by atoms with Gasteiger partial charge in [0.1, 0.15) is 36.3 Å². The summed E-state index contributed by atoms with van der Waals surface area (Å²) in [5.74, 6) is -6.13. The van der Waals surface area contributed by atoms with E-state index in [1.54, 1.807) is 37.3 Å². The van der Waals surface area contributed by atoms with Crippen molar-refractivity contribution in [3.8, 4) is 0 Å². The Morgan fingerprint density at radius 1 is 0.521 bits per heavy atom. The van der Waals surface area contributed by atoms with Crippen molar-refractivity contribution in [1.82, 2.24) is 47.9 Å². The Labute approximate surface area is 431 Å². The molecule has 1 aromatic carbocycles. The van der Waals surface area contributed by atoms with Gasteiger partial charge in [0.15, 0.2) is 11.9 Å². The summed E-state index contributed by atoms with van der Waals surface area (Å²) < 4.78 is 0. The van der Waals surface area contributed by atoms with E-state index in [4.69, 9.17) is 22.3 Å². The monoisotopic (exact) mass is 1030 g/mol. The van der Waals surface area contributed by atoms with Gasteiger partial charge in [0, 0.05) is 32.0 Å². The molecule has 414 valence electrons. The first-order valence-electron chi connectivity index (χ1n) is 26.0. The van der Waals surface area contributed by atoms with Crippen LogP contribution in [-0.2, 0) is 40.0 Å². The average molecular weight is 1030 g/mol. The molecule has 73 heavy (non-hydrogen) atoms. The van der Waals surface area contributed by atoms with Crippen molar-refractivity contribution in [3.05, 3.63) is 35.9 Å². The molecule has 0 bridgehead atoms. The second-order valence-electron chi connectivity index (χ2n) is 18.7. The summed E-state index contributed by atoms with van der Waals surface area (Å²) in [5, 5.41) is 68.2. The molecule has 18 N–H and O–H groups in total. The van der Waals surface area contributed by atoms with Crippen LogP contribution in [0.15, 0.2) is 30.3 Å². The maximum atomic E-state index is 14.1. The van der Waals surface area contributed by atoms with Crippen LogP contribution in [-0.4, -0.2) is 143 Å². The van der Waals surface area contributed by atoms with E-state index in [9.17, 15) is 48.9 Å². The van der Waals surface area contributed by atoms with Gasteiger partial charge in [-0.25, -0.2) is 0 Å². The zero-order valence-electron chi connectivity index (χ0n) is 43.6. The van der Waals surface area contributed by atoms with Gasteiger partial charge >= 0.3 is 0 Å². The number of benzene rings is 1. The van der Waals surface area contributed by atoms with Crippen LogP contribution in [0.25, 0.3) is 0 Å². The standard InChI is InChI=1S/C50H89N13O10/c1-5-6-7-8-9-10-11-12-13-14-15-16-20-27-41(67)63-42(35(4)66)48(73)58-34(3)43(68)60-38(30-36-24-18-17-19-25-36)45(70)59-37(26-22-29-56-50(53)54)44(69)61-40(32-65)47(72)62-39(31-64)46(71)57-33(2)23-21-28-55-49(51)52/h17-19,24-25,33-35,37-40,42,64-66H,5-16,20-23,26-32H2,1-4H3,(H,57,71)(H,58,73)(H,59,70)(H,60,68)(H,61,69)(H,62,72)(H,63,67)(H4,51,52,55)(H4,53,54,56)/t33-,34+,35-,37+,38+,39+,40+,42+/m1/s1. The number of carbonyl (C=O) groups excluding carboxylic acids is 7. The Hall–Kier alpha value is -6.07. The van der Waals surface area contributed by atoms with Crippen LogP contribution in [0.1, 0.15) is 149 Å². The lowest BCUT2D eigenvalue weighted by atomic mass is 10.0. The molecule has 0 aliphatic carbocycles. The predicted molar refractivity (Wildman–Crippen MR) is 279 cm³/mol. The fourth-order valence-electron chi connectivity index (χ4n) is 7.73. The lowest BCUT2D eigenvalue weighted by Crippen LogP contribution is -2.61. The lowest BCUT2D eigenvalue weighted by molar-refractivity contribution is -0.136. The van der Waals surface area contributed by atoms with Crippen molar-refractivity contribution in [1.29, 1.82) is 10.8 Å². The molecule has 0 heterocycles. The smallest absolute Gasteiger partial charge is 0.245 e. The van der Waals surface area contributed by atoms with Crippen molar-refractivity contribution in [2.24, 2.45) is 11.5 Å². The van der Waals surface area contributed by atoms with Crippen LogP contribution in [0.2, 0.25) is 0 Å².